The number of nitrogens with two attached hydrogens (primary N) is 1. The third-order valence-electron chi connectivity index (χ3n) is 2.41. The van der Waals surface area contributed by atoms with Gasteiger partial charge in [-0.25, -0.2) is 13.1 Å². The molecule has 0 heterocycles. The summed E-state index contributed by atoms with van der Waals surface area (Å²) >= 11 is 5.77. The lowest BCUT2D eigenvalue weighted by Gasteiger charge is -2.11. The van der Waals surface area contributed by atoms with Crippen molar-refractivity contribution in [1.29, 1.82) is 0 Å². The largest absolute Gasteiger partial charge is 0.398 e. The third-order valence-corrected chi connectivity index (χ3v) is 5.46. The summed E-state index contributed by atoms with van der Waals surface area (Å²) in [5, 5.41) is -0.0750. The number of rotatable bonds is 5. The quantitative estimate of drug-likeness (QED) is 0.793. The minimum atomic E-state index is -3.65. The van der Waals surface area contributed by atoms with E-state index in [4.69, 9.17) is 17.3 Å². The van der Waals surface area contributed by atoms with E-state index in [2.05, 4.69) is 4.72 Å². The Morgan fingerprint density at radius 2 is 2.11 bits per heavy atom. The molecule has 2 unspecified atom stereocenters. The number of sulfonamides is 1. The fourth-order valence-corrected chi connectivity index (χ4v) is 2.93. The summed E-state index contributed by atoms with van der Waals surface area (Å²) in [6.07, 6.45) is 1.53. The Balaban J connectivity index is 2.87. The second kappa shape index (κ2) is 6.01. The van der Waals surface area contributed by atoms with Gasteiger partial charge in [0.1, 0.15) is 0 Å². The van der Waals surface area contributed by atoms with Crippen molar-refractivity contribution < 1.29 is 12.6 Å². The van der Waals surface area contributed by atoms with Crippen LogP contribution in [-0.4, -0.2) is 30.7 Å². The molecule has 0 aliphatic heterocycles. The van der Waals surface area contributed by atoms with Crippen LogP contribution in [0, 0.1) is 0 Å². The van der Waals surface area contributed by atoms with Gasteiger partial charge in [-0.15, -0.1) is 0 Å². The zero-order valence-electron chi connectivity index (χ0n) is 10.0. The maximum Gasteiger partial charge on any atom is 0.240 e. The highest BCUT2D eigenvalue weighted by molar-refractivity contribution is 7.89. The topological polar surface area (TPSA) is 89.3 Å². The molecule has 0 radical (unpaired) electrons. The zero-order chi connectivity index (χ0) is 13.9. The second-order valence-corrected chi connectivity index (χ2v) is 7.82. The SMILES string of the molecule is CC(CNS(=O)(=O)c1ccc(N)c(Cl)c1)S(C)=O. The van der Waals surface area contributed by atoms with Gasteiger partial charge in [0.15, 0.2) is 0 Å². The highest BCUT2D eigenvalue weighted by atomic mass is 35.5. The maximum absolute atomic E-state index is 11.9. The van der Waals surface area contributed by atoms with Crippen LogP contribution in [0.4, 0.5) is 5.69 Å². The van der Waals surface area contributed by atoms with Gasteiger partial charge in [0, 0.05) is 28.9 Å². The summed E-state index contributed by atoms with van der Waals surface area (Å²) in [5.41, 5.74) is 5.82. The average Bonchev–Trinajstić information content (AvgIpc) is 2.29. The van der Waals surface area contributed by atoms with Crippen molar-refractivity contribution in [3.8, 4) is 0 Å². The average molecular weight is 311 g/mol. The first-order chi connectivity index (χ1) is 8.24. The molecule has 0 saturated carbocycles. The van der Waals surface area contributed by atoms with Crippen LogP contribution in [0.5, 0.6) is 0 Å². The van der Waals surface area contributed by atoms with Crippen LogP contribution in [0.25, 0.3) is 0 Å². The predicted octanol–water partition coefficient (Wildman–Crippen LogP) is 0.968. The molecule has 8 heteroatoms. The standard InChI is InChI=1S/C10H15ClN2O3S2/c1-7(17(2)14)6-13-18(15,16)8-3-4-10(12)9(11)5-8/h3-5,7,13H,6,12H2,1-2H3. The molecule has 5 nitrogen and oxygen atoms in total. The third kappa shape index (κ3) is 3.94. The summed E-state index contributed by atoms with van der Waals surface area (Å²) in [7, 11) is -4.74. The molecule has 0 amide bonds. The van der Waals surface area contributed by atoms with E-state index in [0.717, 1.165) is 0 Å². The van der Waals surface area contributed by atoms with Crippen LogP contribution in [0.1, 0.15) is 6.92 Å². The lowest BCUT2D eigenvalue weighted by Crippen LogP contribution is -2.32. The van der Waals surface area contributed by atoms with E-state index in [1.807, 2.05) is 0 Å². The molecular formula is C10H15ClN2O3S2. The van der Waals surface area contributed by atoms with Gasteiger partial charge in [-0.05, 0) is 25.1 Å². The van der Waals surface area contributed by atoms with Crippen LogP contribution >= 0.6 is 11.6 Å². The second-order valence-electron chi connectivity index (χ2n) is 3.84. The smallest absolute Gasteiger partial charge is 0.240 e. The number of benzene rings is 1. The normalized spacial score (nSPS) is 15.3. The van der Waals surface area contributed by atoms with Crippen molar-refractivity contribution >= 4 is 38.1 Å². The fraction of sp³-hybridized carbons (Fsp3) is 0.400. The summed E-state index contributed by atoms with van der Waals surface area (Å²) in [5.74, 6) is 0. The Kier molecular flexibility index (Phi) is 5.15. The number of hydrogen-bond acceptors (Lipinski definition) is 4. The summed E-state index contributed by atoms with van der Waals surface area (Å²) in [6, 6.07) is 4.09. The molecule has 0 aliphatic rings. The van der Waals surface area contributed by atoms with E-state index in [0.29, 0.717) is 5.69 Å². The number of halogens is 1. The van der Waals surface area contributed by atoms with Crippen LogP contribution < -0.4 is 10.5 Å². The van der Waals surface area contributed by atoms with Gasteiger partial charge in [-0.1, -0.05) is 11.6 Å². The minimum Gasteiger partial charge on any atom is -0.398 e. The molecule has 2 atom stereocenters. The monoisotopic (exact) mass is 310 g/mol. The number of nitrogen functional groups attached to an aromatic ring is 1. The minimum absolute atomic E-state index is 0.0378. The van der Waals surface area contributed by atoms with Gasteiger partial charge in [0.25, 0.3) is 0 Å². The maximum atomic E-state index is 11.9. The van der Waals surface area contributed by atoms with Gasteiger partial charge in [0.2, 0.25) is 10.0 Å². The molecule has 0 saturated heterocycles. The predicted molar refractivity (Wildman–Crippen MR) is 74.6 cm³/mol. The summed E-state index contributed by atoms with van der Waals surface area (Å²) in [6.45, 7) is 1.81. The Morgan fingerprint density at radius 1 is 1.50 bits per heavy atom. The van der Waals surface area contributed by atoms with Crippen LogP contribution in [-0.2, 0) is 20.8 Å². The van der Waals surface area contributed by atoms with E-state index in [-0.39, 0.29) is 21.7 Å². The van der Waals surface area contributed by atoms with Gasteiger partial charge < -0.3 is 5.73 Å². The molecule has 0 aliphatic carbocycles. The first-order valence-electron chi connectivity index (χ1n) is 5.11. The molecule has 3 N–H and O–H groups in total. The number of anilines is 1. The van der Waals surface area contributed by atoms with E-state index in [1.54, 1.807) is 6.92 Å². The lowest BCUT2D eigenvalue weighted by atomic mass is 10.3. The zero-order valence-corrected chi connectivity index (χ0v) is 12.4. The van der Waals surface area contributed by atoms with Crippen molar-refractivity contribution in [3.63, 3.8) is 0 Å². The Hall–Kier alpha value is -0.630. The fourth-order valence-electron chi connectivity index (χ4n) is 1.10. The molecule has 18 heavy (non-hydrogen) atoms. The molecule has 0 aromatic heterocycles. The van der Waals surface area contributed by atoms with Crippen molar-refractivity contribution in [2.45, 2.75) is 17.1 Å². The Labute approximate surface area is 114 Å². The summed E-state index contributed by atoms with van der Waals surface area (Å²) in [4.78, 5) is 0.0378. The van der Waals surface area contributed by atoms with Crippen molar-refractivity contribution in [1.82, 2.24) is 4.72 Å². The van der Waals surface area contributed by atoms with Gasteiger partial charge in [0.05, 0.1) is 15.6 Å². The highest BCUT2D eigenvalue weighted by Crippen LogP contribution is 2.22. The van der Waals surface area contributed by atoms with Crippen LogP contribution in [0.3, 0.4) is 0 Å². The van der Waals surface area contributed by atoms with E-state index >= 15 is 0 Å². The molecule has 1 rings (SSSR count). The van der Waals surface area contributed by atoms with Gasteiger partial charge in [-0.2, -0.15) is 0 Å². The number of nitrogens with one attached hydrogen (secondary N) is 1. The van der Waals surface area contributed by atoms with Crippen LogP contribution in [0.2, 0.25) is 5.02 Å². The first kappa shape index (κ1) is 15.4. The molecule has 0 bridgehead atoms. The van der Waals surface area contributed by atoms with E-state index < -0.39 is 20.8 Å². The van der Waals surface area contributed by atoms with Gasteiger partial charge in [-0.3, -0.25) is 4.21 Å². The van der Waals surface area contributed by atoms with Crippen molar-refractivity contribution in [2.75, 3.05) is 18.5 Å². The molecule has 102 valence electrons. The summed E-state index contributed by atoms with van der Waals surface area (Å²) < 4.78 is 37.3. The molecular weight excluding hydrogens is 296 g/mol. The van der Waals surface area contributed by atoms with Crippen molar-refractivity contribution in [3.05, 3.63) is 23.2 Å². The molecule has 0 spiro atoms. The van der Waals surface area contributed by atoms with Crippen LogP contribution in [0.15, 0.2) is 23.1 Å². The molecule has 1 aromatic carbocycles. The first-order valence-corrected chi connectivity index (χ1v) is 8.59. The lowest BCUT2D eigenvalue weighted by molar-refractivity contribution is 0.580. The van der Waals surface area contributed by atoms with E-state index in [1.165, 1.54) is 24.5 Å². The van der Waals surface area contributed by atoms with Gasteiger partial charge >= 0.3 is 0 Å². The highest BCUT2D eigenvalue weighted by Gasteiger charge is 2.17. The number of hydrogen-bond donors (Lipinski definition) is 2. The van der Waals surface area contributed by atoms with E-state index in [9.17, 15) is 12.6 Å². The Bertz CT molecular complexity index is 560. The molecule has 0 fully saturated rings. The van der Waals surface area contributed by atoms with Crippen molar-refractivity contribution in [2.24, 2.45) is 0 Å². The Morgan fingerprint density at radius 3 is 2.61 bits per heavy atom. The molecule has 1 aromatic rings.